The number of benzene rings is 1. The van der Waals surface area contributed by atoms with Crippen LogP contribution in [-0.2, 0) is 18.3 Å². The van der Waals surface area contributed by atoms with Crippen LogP contribution >= 0.6 is 0 Å². The number of ether oxygens (including phenoxy) is 1. The molecule has 2 rings (SSSR count). The third kappa shape index (κ3) is 4.79. The van der Waals surface area contributed by atoms with E-state index in [4.69, 9.17) is 4.74 Å². The van der Waals surface area contributed by atoms with Gasteiger partial charge in [-0.15, -0.1) is 0 Å². The lowest BCUT2D eigenvalue weighted by molar-refractivity contribution is 0.106. The first-order valence-electron chi connectivity index (χ1n) is 7.71. The van der Waals surface area contributed by atoms with Gasteiger partial charge in [0.2, 0.25) is 0 Å². The Hall–Kier alpha value is -2.41. The highest BCUT2D eigenvalue weighted by Crippen LogP contribution is 2.16. The number of aliphatic imine (C=N–C) groups is 1. The summed E-state index contributed by atoms with van der Waals surface area (Å²) < 4.78 is 20.3. The van der Waals surface area contributed by atoms with E-state index < -0.39 is 0 Å². The summed E-state index contributed by atoms with van der Waals surface area (Å²) in [7, 11) is 7.23. The predicted octanol–water partition coefficient (Wildman–Crippen LogP) is 1.95. The fourth-order valence-corrected chi connectivity index (χ4v) is 2.49. The molecule has 0 aliphatic carbocycles. The van der Waals surface area contributed by atoms with Crippen molar-refractivity contribution in [2.24, 2.45) is 12.0 Å². The van der Waals surface area contributed by atoms with Crippen LogP contribution < -0.4 is 5.32 Å². The van der Waals surface area contributed by atoms with Crippen LogP contribution in [0.2, 0.25) is 0 Å². The van der Waals surface area contributed by atoms with E-state index in [2.05, 4.69) is 15.4 Å². The lowest BCUT2D eigenvalue weighted by atomic mass is 10.1. The molecule has 1 aromatic heterocycles. The highest BCUT2D eigenvalue weighted by Gasteiger charge is 2.13. The van der Waals surface area contributed by atoms with Crippen molar-refractivity contribution in [2.75, 3.05) is 27.7 Å². The minimum Gasteiger partial charge on any atom is -0.375 e. The summed E-state index contributed by atoms with van der Waals surface area (Å²) in [4.78, 5) is 6.30. The number of hydrogen-bond donors (Lipinski definition) is 1. The van der Waals surface area contributed by atoms with Crippen molar-refractivity contribution in [2.45, 2.75) is 12.6 Å². The first-order valence-corrected chi connectivity index (χ1v) is 7.71. The highest BCUT2D eigenvalue weighted by molar-refractivity contribution is 5.79. The zero-order valence-corrected chi connectivity index (χ0v) is 14.5. The molecule has 1 N–H and O–H groups in total. The van der Waals surface area contributed by atoms with Crippen molar-refractivity contribution < 1.29 is 9.13 Å². The van der Waals surface area contributed by atoms with Crippen molar-refractivity contribution >= 4 is 5.96 Å². The lowest BCUT2D eigenvalue weighted by Crippen LogP contribution is -2.40. The monoisotopic (exact) mass is 333 g/mol. The van der Waals surface area contributed by atoms with Crippen LogP contribution in [0.3, 0.4) is 0 Å². The second-order valence-electron chi connectivity index (χ2n) is 5.58. The van der Waals surface area contributed by atoms with Crippen LogP contribution in [0.4, 0.5) is 4.39 Å². The molecule has 1 unspecified atom stereocenters. The van der Waals surface area contributed by atoms with Crippen LogP contribution in [-0.4, -0.2) is 48.4 Å². The molecule has 0 saturated carbocycles. The van der Waals surface area contributed by atoms with Crippen LogP contribution in [0, 0.1) is 5.82 Å². The van der Waals surface area contributed by atoms with Crippen molar-refractivity contribution in [3.05, 3.63) is 53.6 Å². The van der Waals surface area contributed by atoms with Gasteiger partial charge in [-0.2, -0.15) is 5.10 Å². The number of rotatable bonds is 6. The minimum atomic E-state index is -0.256. The van der Waals surface area contributed by atoms with Crippen LogP contribution in [0.1, 0.15) is 17.2 Å². The van der Waals surface area contributed by atoms with Gasteiger partial charge in [0.15, 0.2) is 5.96 Å². The normalized spacial score (nSPS) is 13.0. The van der Waals surface area contributed by atoms with Crippen LogP contribution in [0.25, 0.3) is 0 Å². The molecule has 0 radical (unpaired) electrons. The molecular weight excluding hydrogens is 309 g/mol. The van der Waals surface area contributed by atoms with Crippen LogP contribution in [0.5, 0.6) is 0 Å². The Morgan fingerprint density at radius 1 is 1.42 bits per heavy atom. The number of halogens is 1. The van der Waals surface area contributed by atoms with Gasteiger partial charge in [0.05, 0.1) is 12.3 Å². The van der Waals surface area contributed by atoms with E-state index in [1.807, 2.05) is 31.4 Å². The van der Waals surface area contributed by atoms with Gasteiger partial charge in [-0.05, 0) is 17.7 Å². The number of hydrogen-bond acceptors (Lipinski definition) is 3. The van der Waals surface area contributed by atoms with Gasteiger partial charge in [0.1, 0.15) is 5.82 Å². The molecule has 0 aliphatic heterocycles. The number of aromatic nitrogens is 2. The molecule has 0 bridgehead atoms. The SMILES string of the molecule is CN=C(NCC(OC)c1ccc(F)cc1)N(C)Cc1cnn(C)c1. The van der Waals surface area contributed by atoms with Gasteiger partial charge in [-0.25, -0.2) is 4.39 Å². The Morgan fingerprint density at radius 2 is 2.12 bits per heavy atom. The first-order chi connectivity index (χ1) is 11.5. The maximum absolute atomic E-state index is 13.0. The Balaban J connectivity index is 1.95. The number of methoxy groups -OCH3 is 1. The lowest BCUT2D eigenvalue weighted by Gasteiger charge is -2.24. The summed E-state index contributed by atoms with van der Waals surface area (Å²) in [6.07, 6.45) is 3.62. The van der Waals surface area contributed by atoms with Crippen molar-refractivity contribution in [3.63, 3.8) is 0 Å². The van der Waals surface area contributed by atoms with E-state index in [0.29, 0.717) is 13.1 Å². The predicted molar refractivity (Wildman–Crippen MR) is 92.2 cm³/mol. The number of aryl methyl sites for hydroxylation is 1. The molecule has 1 heterocycles. The molecule has 7 heteroatoms. The van der Waals surface area contributed by atoms with E-state index in [-0.39, 0.29) is 11.9 Å². The van der Waals surface area contributed by atoms with Crippen molar-refractivity contribution in [1.82, 2.24) is 20.0 Å². The maximum atomic E-state index is 13.0. The fourth-order valence-electron chi connectivity index (χ4n) is 2.49. The van der Waals surface area contributed by atoms with Gasteiger partial charge in [-0.3, -0.25) is 9.67 Å². The van der Waals surface area contributed by atoms with Gasteiger partial charge >= 0.3 is 0 Å². The Kier molecular flexibility index (Phi) is 6.31. The summed E-state index contributed by atoms with van der Waals surface area (Å²) in [6, 6.07) is 6.33. The quantitative estimate of drug-likeness (QED) is 0.648. The van der Waals surface area contributed by atoms with E-state index in [1.54, 1.807) is 31.0 Å². The van der Waals surface area contributed by atoms with Gasteiger partial charge in [0.25, 0.3) is 0 Å². The van der Waals surface area contributed by atoms with E-state index in [0.717, 1.165) is 17.1 Å². The zero-order valence-electron chi connectivity index (χ0n) is 14.5. The average molecular weight is 333 g/mol. The summed E-state index contributed by atoms with van der Waals surface area (Å²) in [5.41, 5.74) is 2.02. The highest BCUT2D eigenvalue weighted by atomic mass is 19.1. The molecule has 6 nitrogen and oxygen atoms in total. The zero-order chi connectivity index (χ0) is 17.5. The molecule has 0 amide bonds. The second kappa shape index (κ2) is 8.44. The third-order valence-corrected chi connectivity index (χ3v) is 3.72. The third-order valence-electron chi connectivity index (χ3n) is 3.72. The van der Waals surface area contributed by atoms with E-state index >= 15 is 0 Å². The summed E-state index contributed by atoms with van der Waals surface area (Å²) >= 11 is 0. The number of guanidine groups is 1. The molecule has 1 atom stereocenters. The topological polar surface area (TPSA) is 54.7 Å². The smallest absolute Gasteiger partial charge is 0.193 e. The Labute approximate surface area is 141 Å². The Morgan fingerprint density at radius 3 is 2.67 bits per heavy atom. The number of nitrogens with zero attached hydrogens (tertiary/aromatic N) is 4. The fraction of sp³-hybridized carbons (Fsp3) is 0.412. The van der Waals surface area contributed by atoms with E-state index in [9.17, 15) is 4.39 Å². The molecule has 2 aromatic rings. The largest absolute Gasteiger partial charge is 0.375 e. The summed E-state index contributed by atoms with van der Waals surface area (Å²) in [5.74, 6) is 0.497. The molecule has 130 valence electrons. The van der Waals surface area contributed by atoms with Gasteiger partial charge in [0, 0.05) is 53.1 Å². The standard InChI is InChI=1S/C17H24FN5O/c1-19-17(22(2)11-13-9-21-23(3)12-13)20-10-16(24-4)14-5-7-15(18)8-6-14/h5-9,12,16H,10-11H2,1-4H3,(H,19,20). The molecule has 0 aliphatic rings. The molecule has 24 heavy (non-hydrogen) atoms. The van der Waals surface area contributed by atoms with E-state index in [1.165, 1.54) is 12.1 Å². The van der Waals surface area contributed by atoms with Gasteiger partial charge in [-0.1, -0.05) is 12.1 Å². The first kappa shape index (κ1) is 17.9. The maximum Gasteiger partial charge on any atom is 0.193 e. The van der Waals surface area contributed by atoms with Crippen molar-refractivity contribution in [3.8, 4) is 0 Å². The molecule has 0 spiro atoms. The number of nitrogens with one attached hydrogen (secondary N) is 1. The molecule has 0 fully saturated rings. The second-order valence-corrected chi connectivity index (χ2v) is 5.58. The average Bonchev–Trinajstić information content (AvgIpc) is 2.97. The minimum absolute atomic E-state index is 0.186. The van der Waals surface area contributed by atoms with Crippen molar-refractivity contribution in [1.29, 1.82) is 0 Å². The molecule has 0 saturated heterocycles. The van der Waals surface area contributed by atoms with Crippen LogP contribution in [0.15, 0.2) is 41.7 Å². The van der Waals surface area contributed by atoms with Gasteiger partial charge < -0.3 is 15.0 Å². The summed E-state index contributed by atoms with van der Waals surface area (Å²) in [6.45, 7) is 1.23. The Bertz CT molecular complexity index is 668. The molecular formula is C17H24FN5O. The summed E-state index contributed by atoms with van der Waals surface area (Å²) in [5, 5.41) is 7.46. The molecule has 1 aromatic carbocycles.